The summed E-state index contributed by atoms with van der Waals surface area (Å²) in [5.41, 5.74) is 0.738. The minimum absolute atomic E-state index is 0.0187. The van der Waals surface area contributed by atoms with E-state index in [1.807, 2.05) is 5.32 Å². The van der Waals surface area contributed by atoms with Crippen molar-refractivity contribution in [1.29, 1.82) is 0 Å². The van der Waals surface area contributed by atoms with Crippen LogP contribution in [0, 0.1) is 0 Å². The number of benzene rings is 1. The molecule has 0 heterocycles. The first-order valence-corrected chi connectivity index (χ1v) is 5.47. The number of halogens is 3. The molecule has 1 rings (SSSR count). The summed E-state index contributed by atoms with van der Waals surface area (Å²) < 4.78 is 45.7. The van der Waals surface area contributed by atoms with Crippen LogP contribution in [-0.4, -0.2) is 25.6 Å². The molecule has 0 spiro atoms. The van der Waals surface area contributed by atoms with Gasteiger partial charge in [0, 0.05) is 7.11 Å². The van der Waals surface area contributed by atoms with Gasteiger partial charge in [-0.3, -0.25) is 5.32 Å². The van der Waals surface area contributed by atoms with E-state index in [2.05, 4.69) is 4.74 Å². The van der Waals surface area contributed by atoms with Crippen molar-refractivity contribution in [3.8, 4) is 0 Å². The molecule has 0 unspecified atom stereocenters. The standard InChI is InChI=1S/C12H14F3NO3/c1-18-10(7-12(13,14)15)16-11(17)19-8-9-5-3-2-4-6-9/h2-6,10H,7-8H2,1H3,(H,16,17)/t10-/m0/s1. The monoisotopic (exact) mass is 277 g/mol. The molecule has 106 valence electrons. The number of nitrogens with one attached hydrogen (secondary N) is 1. The molecular weight excluding hydrogens is 263 g/mol. The van der Waals surface area contributed by atoms with Crippen LogP contribution in [0.4, 0.5) is 18.0 Å². The van der Waals surface area contributed by atoms with Gasteiger partial charge in [-0.15, -0.1) is 0 Å². The fourth-order valence-electron chi connectivity index (χ4n) is 1.30. The lowest BCUT2D eigenvalue weighted by Gasteiger charge is -2.18. The number of carbonyl (C=O) groups excluding carboxylic acids is 1. The number of alkyl halides is 3. The minimum Gasteiger partial charge on any atom is -0.445 e. The fraction of sp³-hybridized carbons (Fsp3) is 0.417. The molecule has 1 amide bonds. The number of methoxy groups -OCH3 is 1. The van der Waals surface area contributed by atoms with E-state index in [1.165, 1.54) is 0 Å². The van der Waals surface area contributed by atoms with Crippen molar-refractivity contribution in [2.45, 2.75) is 25.4 Å². The van der Waals surface area contributed by atoms with Gasteiger partial charge < -0.3 is 9.47 Å². The third-order valence-electron chi connectivity index (χ3n) is 2.19. The maximum Gasteiger partial charge on any atom is 0.409 e. The Morgan fingerprint density at radius 1 is 1.32 bits per heavy atom. The molecule has 0 saturated heterocycles. The smallest absolute Gasteiger partial charge is 0.409 e. The Morgan fingerprint density at radius 2 is 1.95 bits per heavy atom. The molecule has 0 aromatic heterocycles. The van der Waals surface area contributed by atoms with Crippen LogP contribution in [0.1, 0.15) is 12.0 Å². The summed E-state index contributed by atoms with van der Waals surface area (Å²) in [5, 5.41) is 1.99. The Labute approximate surface area is 108 Å². The normalized spacial score (nSPS) is 12.8. The molecule has 0 saturated carbocycles. The summed E-state index contributed by atoms with van der Waals surface area (Å²) in [6.45, 7) is -0.0187. The fourth-order valence-corrected chi connectivity index (χ4v) is 1.30. The van der Waals surface area contributed by atoms with Crippen LogP contribution in [0.2, 0.25) is 0 Å². The second-order valence-corrected chi connectivity index (χ2v) is 3.75. The first-order chi connectivity index (χ1) is 8.90. The molecule has 1 atom stereocenters. The summed E-state index contributed by atoms with van der Waals surface area (Å²) in [4.78, 5) is 11.3. The van der Waals surface area contributed by atoms with Gasteiger partial charge in [0.25, 0.3) is 0 Å². The number of hydrogen-bond donors (Lipinski definition) is 1. The molecule has 19 heavy (non-hydrogen) atoms. The lowest BCUT2D eigenvalue weighted by atomic mass is 10.2. The first-order valence-electron chi connectivity index (χ1n) is 5.47. The highest BCUT2D eigenvalue weighted by Crippen LogP contribution is 2.21. The topological polar surface area (TPSA) is 47.6 Å². The summed E-state index contributed by atoms with van der Waals surface area (Å²) in [6.07, 6.45) is -8.11. The molecule has 0 aliphatic rings. The number of ether oxygens (including phenoxy) is 2. The van der Waals surface area contributed by atoms with Gasteiger partial charge in [0.15, 0.2) is 0 Å². The molecule has 0 fully saturated rings. The van der Waals surface area contributed by atoms with E-state index in [9.17, 15) is 18.0 Å². The summed E-state index contributed by atoms with van der Waals surface area (Å²) in [5.74, 6) is 0. The van der Waals surface area contributed by atoms with Crippen LogP contribution in [0.3, 0.4) is 0 Å². The molecular formula is C12H14F3NO3. The van der Waals surface area contributed by atoms with Crippen molar-refractivity contribution in [1.82, 2.24) is 5.32 Å². The van der Waals surface area contributed by atoms with E-state index in [1.54, 1.807) is 30.3 Å². The van der Waals surface area contributed by atoms with Crippen LogP contribution in [0.15, 0.2) is 30.3 Å². The third-order valence-corrected chi connectivity index (χ3v) is 2.19. The molecule has 1 aromatic carbocycles. The van der Waals surface area contributed by atoms with Gasteiger partial charge in [-0.1, -0.05) is 30.3 Å². The minimum atomic E-state index is -4.42. The third kappa shape index (κ3) is 6.66. The lowest BCUT2D eigenvalue weighted by Crippen LogP contribution is -2.39. The van der Waals surface area contributed by atoms with Crippen molar-refractivity contribution in [2.75, 3.05) is 7.11 Å². The summed E-state index contributed by atoms with van der Waals surface area (Å²) in [7, 11) is 1.08. The number of alkyl carbamates (subject to hydrolysis) is 1. The Kier molecular flexibility index (Phi) is 5.62. The van der Waals surface area contributed by atoms with Crippen LogP contribution < -0.4 is 5.32 Å². The predicted octanol–water partition coefficient (Wildman–Crippen LogP) is 2.84. The zero-order valence-electron chi connectivity index (χ0n) is 10.2. The number of amides is 1. The highest BCUT2D eigenvalue weighted by atomic mass is 19.4. The van der Waals surface area contributed by atoms with Crippen LogP contribution in [0.5, 0.6) is 0 Å². The van der Waals surface area contributed by atoms with E-state index in [0.717, 1.165) is 12.7 Å². The second kappa shape index (κ2) is 6.98. The van der Waals surface area contributed by atoms with E-state index in [4.69, 9.17) is 4.74 Å². The Hall–Kier alpha value is -1.76. The Bertz CT molecular complexity index is 395. The second-order valence-electron chi connectivity index (χ2n) is 3.75. The van der Waals surface area contributed by atoms with E-state index < -0.39 is 24.9 Å². The van der Waals surface area contributed by atoms with Crippen molar-refractivity contribution < 1.29 is 27.4 Å². The van der Waals surface area contributed by atoms with Gasteiger partial charge in [-0.05, 0) is 5.56 Å². The molecule has 0 radical (unpaired) electrons. The number of hydrogen-bond acceptors (Lipinski definition) is 3. The van der Waals surface area contributed by atoms with Crippen LogP contribution >= 0.6 is 0 Å². The molecule has 1 N–H and O–H groups in total. The largest absolute Gasteiger partial charge is 0.445 e. The average Bonchev–Trinajstić information content (AvgIpc) is 2.35. The zero-order valence-corrected chi connectivity index (χ0v) is 10.2. The number of rotatable bonds is 5. The van der Waals surface area contributed by atoms with Crippen molar-refractivity contribution >= 4 is 6.09 Å². The quantitative estimate of drug-likeness (QED) is 0.842. The van der Waals surface area contributed by atoms with Crippen molar-refractivity contribution in [3.05, 3.63) is 35.9 Å². The highest BCUT2D eigenvalue weighted by molar-refractivity contribution is 5.67. The number of carbonyl (C=O) groups is 1. The van der Waals surface area contributed by atoms with E-state index in [-0.39, 0.29) is 6.61 Å². The SMILES string of the molecule is CO[C@@H](CC(F)(F)F)NC(=O)OCc1ccccc1. The van der Waals surface area contributed by atoms with E-state index in [0.29, 0.717) is 0 Å². The van der Waals surface area contributed by atoms with Crippen LogP contribution in [0.25, 0.3) is 0 Å². The Balaban J connectivity index is 2.37. The maximum atomic E-state index is 12.1. The summed E-state index contributed by atoms with van der Waals surface area (Å²) >= 11 is 0. The van der Waals surface area contributed by atoms with Gasteiger partial charge in [0.2, 0.25) is 0 Å². The van der Waals surface area contributed by atoms with Gasteiger partial charge in [0.1, 0.15) is 12.8 Å². The molecule has 0 aliphatic carbocycles. The molecule has 0 aliphatic heterocycles. The first kappa shape index (κ1) is 15.3. The maximum absolute atomic E-state index is 12.1. The van der Waals surface area contributed by atoms with E-state index >= 15 is 0 Å². The van der Waals surface area contributed by atoms with Gasteiger partial charge in [-0.2, -0.15) is 13.2 Å². The van der Waals surface area contributed by atoms with Gasteiger partial charge in [-0.25, -0.2) is 4.79 Å². The summed E-state index contributed by atoms with van der Waals surface area (Å²) in [6, 6.07) is 8.79. The molecule has 1 aromatic rings. The highest BCUT2D eigenvalue weighted by Gasteiger charge is 2.33. The Morgan fingerprint density at radius 3 is 2.47 bits per heavy atom. The molecule has 4 nitrogen and oxygen atoms in total. The van der Waals surface area contributed by atoms with Crippen molar-refractivity contribution in [3.63, 3.8) is 0 Å². The predicted molar refractivity (Wildman–Crippen MR) is 61.2 cm³/mol. The molecule has 7 heteroatoms. The average molecular weight is 277 g/mol. The zero-order chi connectivity index (χ0) is 14.3. The lowest BCUT2D eigenvalue weighted by molar-refractivity contribution is -0.160. The van der Waals surface area contributed by atoms with Crippen molar-refractivity contribution in [2.24, 2.45) is 0 Å². The van der Waals surface area contributed by atoms with Crippen LogP contribution in [-0.2, 0) is 16.1 Å². The van der Waals surface area contributed by atoms with Gasteiger partial charge in [0.05, 0.1) is 6.42 Å². The van der Waals surface area contributed by atoms with Gasteiger partial charge >= 0.3 is 12.3 Å². The molecule has 0 bridgehead atoms.